The van der Waals surface area contributed by atoms with Crippen molar-refractivity contribution in [2.75, 3.05) is 26.7 Å². The van der Waals surface area contributed by atoms with E-state index in [4.69, 9.17) is 4.74 Å². The van der Waals surface area contributed by atoms with Gasteiger partial charge in [-0.25, -0.2) is 4.79 Å². The number of hydrogen-bond acceptors (Lipinski definition) is 4. The van der Waals surface area contributed by atoms with Gasteiger partial charge in [0.15, 0.2) is 0 Å². The zero-order valence-electron chi connectivity index (χ0n) is 12.6. The maximum absolute atomic E-state index is 13.0. The van der Waals surface area contributed by atoms with E-state index in [9.17, 15) is 9.59 Å². The van der Waals surface area contributed by atoms with Crippen molar-refractivity contribution in [1.82, 2.24) is 10.2 Å². The molecule has 5 heteroatoms. The van der Waals surface area contributed by atoms with E-state index in [1.165, 1.54) is 7.11 Å². The van der Waals surface area contributed by atoms with Crippen molar-refractivity contribution in [1.29, 1.82) is 0 Å². The second kappa shape index (κ2) is 6.57. The lowest BCUT2D eigenvalue weighted by Crippen LogP contribution is -2.54. The van der Waals surface area contributed by atoms with Gasteiger partial charge in [0.25, 0.3) is 0 Å². The van der Waals surface area contributed by atoms with E-state index in [1.807, 2.05) is 0 Å². The van der Waals surface area contributed by atoms with Gasteiger partial charge in [-0.1, -0.05) is 13.3 Å². The molecule has 2 rings (SSSR count). The van der Waals surface area contributed by atoms with Crippen LogP contribution in [0.2, 0.25) is 0 Å². The highest BCUT2D eigenvalue weighted by Gasteiger charge is 2.46. The number of carbonyl (C=O) groups excluding carboxylic acids is 2. The molecule has 2 aliphatic heterocycles. The number of likely N-dealkylation sites (tertiary alicyclic amines) is 1. The highest BCUT2D eigenvalue weighted by atomic mass is 16.5. The van der Waals surface area contributed by atoms with Crippen molar-refractivity contribution in [3.8, 4) is 0 Å². The molecule has 114 valence electrons. The van der Waals surface area contributed by atoms with Crippen molar-refractivity contribution in [3.63, 3.8) is 0 Å². The van der Waals surface area contributed by atoms with E-state index >= 15 is 0 Å². The van der Waals surface area contributed by atoms with Gasteiger partial charge in [0.2, 0.25) is 5.91 Å². The Hall–Kier alpha value is -1.10. The Bertz CT molecular complexity index is 364. The summed E-state index contributed by atoms with van der Waals surface area (Å²) in [5, 5.41) is 3.31. The first kappa shape index (κ1) is 15.3. The molecule has 2 saturated heterocycles. The lowest BCUT2D eigenvalue weighted by atomic mass is 9.80. The molecule has 0 aromatic carbocycles. The van der Waals surface area contributed by atoms with Crippen LogP contribution in [0.3, 0.4) is 0 Å². The maximum atomic E-state index is 13.0. The number of methoxy groups -OCH3 is 1. The molecule has 2 unspecified atom stereocenters. The Morgan fingerprint density at radius 2 is 2.20 bits per heavy atom. The SMILES string of the molecule is CCCC1(C(=O)N2CCCCC2C(=O)OC)CCNC1. The van der Waals surface area contributed by atoms with Crippen LogP contribution in [-0.4, -0.2) is 49.6 Å². The van der Waals surface area contributed by atoms with Gasteiger partial charge in [0.05, 0.1) is 12.5 Å². The molecule has 0 saturated carbocycles. The highest BCUT2D eigenvalue weighted by Crippen LogP contribution is 2.35. The predicted molar refractivity (Wildman–Crippen MR) is 76.2 cm³/mol. The van der Waals surface area contributed by atoms with E-state index in [0.29, 0.717) is 6.54 Å². The van der Waals surface area contributed by atoms with Crippen LogP contribution >= 0.6 is 0 Å². The van der Waals surface area contributed by atoms with Crippen molar-refractivity contribution in [2.24, 2.45) is 5.41 Å². The predicted octanol–water partition coefficient (Wildman–Crippen LogP) is 1.32. The quantitative estimate of drug-likeness (QED) is 0.790. The molecule has 0 aromatic heterocycles. The minimum Gasteiger partial charge on any atom is -0.467 e. The molecule has 0 spiro atoms. The third-order valence-corrected chi connectivity index (χ3v) is 4.66. The zero-order chi connectivity index (χ0) is 14.6. The maximum Gasteiger partial charge on any atom is 0.328 e. The molecule has 0 bridgehead atoms. The van der Waals surface area contributed by atoms with Gasteiger partial charge in [-0.15, -0.1) is 0 Å². The first-order chi connectivity index (χ1) is 9.64. The van der Waals surface area contributed by atoms with Crippen LogP contribution in [-0.2, 0) is 14.3 Å². The van der Waals surface area contributed by atoms with E-state index in [2.05, 4.69) is 12.2 Å². The molecule has 20 heavy (non-hydrogen) atoms. The fourth-order valence-electron chi connectivity index (χ4n) is 3.59. The molecule has 2 atom stereocenters. The van der Waals surface area contributed by atoms with Crippen LogP contribution in [0.25, 0.3) is 0 Å². The van der Waals surface area contributed by atoms with Gasteiger partial charge in [0, 0.05) is 13.1 Å². The summed E-state index contributed by atoms with van der Waals surface area (Å²) in [5.74, 6) is -0.116. The van der Waals surface area contributed by atoms with Crippen molar-refractivity contribution in [2.45, 2.75) is 51.5 Å². The molecular weight excluding hydrogens is 256 g/mol. The lowest BCUT2D eigenvalue weighted by molar-refractivity contribution is -0.159. The molecule has 0 aliphatic carbocycles. The summed E-state index contributed by atoms with van der Waals surface area (Å²) in [6, 6.07) is -0.379. The number of rotatable bonds is 4. The van der Waals surface area contributed by atoms with Gasteiger partial charge >= 0.3 is 5.97 Å². The minimum absolute atomic E-state index is 0.152. The Morgan fingerprint density at radius 3 is 2.80 bits per heavy atom. The first-order valence-electron chi connectivity index (χ1n) is 7.74. The van der Waals surface area contributed by atoms with Gasteiger partial charge < -0.3 is 15.0 Å². The van der Waals surface area contributed by atoms with Crippen molar-refractivity contribution < 1.29 is 14.3 Å². The van der Waals surface area contributed by atoms with E-state index < -0.39 is 0 Å². The third-order valence-electron chi connectivity index (χ3n) is 4.66. The molecule has 2 heterocycles. The largest absolute Gasteiger partial charge is 0.467 e. The van der Waals surface area contributed by atoms with Crippen LogP contribution in [0.15, 0.2) is 0 Å². The minimum atomic E-state index is -0.379. The van der Waals surface area contributed by atoms with E-state index in [0.717, 1.165) is 51.6 Å². The average molecular weight is 282 g/mol. The second-order valence-corrected chi connectivity index (χ2v) is 5.99. The van der Waals surface area contributed by atoms with E-state index in [-0.39, 0.29) is 23.3 Å². The van der Waals surface area contributed by atoms with Crippen molar-refractivity contribution in [3.05, 3.63) is 0 Å². The number of nitrogens with zero attached hydrogens (tertiary/aromatic N) is 1. The molecule has 2 aliphatic rings. The van der Waals surface area contributed by atoms with Gasteiger partial charge in [-0.3, -0.25) is 4.79 Å². The highest BCUT2D eigenvalue weighted by molar-refractivity contribution is 5.88. The zero-order valence-corrected chi connectivity index (χ0v) is 12.6. The summed E-state index contributed by atoms with van der Waals surface area (Å²) >= 11 is 0. The smallest absolute Gasteiger partial charge is 0.328 e. The number of carbonyl (C=O) groups is 2. The molecular formula is C15H26N2O3. The van der Waals surface area contributed by atoms with Crippen LogP contribution in [0.5, 0.6) is 0 Å². The Labute approximate surface area is 121 Å². The fraction of sp³-hybridized carbons (Fsp3) is 0.867. The molecule has 0 aromatic rings. The molecule has 5 nitrogen and oxygen atoms in total. The average Bonchev–Trinajstić information content (AvgIpc) is 2.96. The summed E-state index contributed by atoms with van der Waals surface area (Å²) in [7, 11) is 1.40. The fourth-order valence-corrected chi connectivity index (χ4v) is 3.59. The summed E-state index contributed by atoms with van der Waals surface area (Å²) < 4.78 is 4.88. The summed E-state index contributed by atoms with van der Waals surface area (Å²) in [5.41, 5.74) is -0.307. The Balaban J connectivity index is 2.17. The normalized spacial score (nSPS) is 30.3. The van der Waals surface area contributed by atoms with Gasteiger partial charge in [0.1, 0.15) is 6.04 Å². The van der Waals surface area contributed by atoms with E-state index in [1.54, 1.807) is 4.90 Å². The summed E-state index contributed by atoms with van der Waals surface area (Å²) in [4.78, 5) is 26.7. The Morgan fingerprint density at radius 1 is 1.40 bits per heavy atom. The Kier molecular flexibility index (Phi) is 5.02. The summed E-state index contributed by atoms with van der Waals surface area (Å²) in [6.45, 7) is 4.43. The monoisotopic (exact) mass is 282 g/mol. The second-order valence-electron chi connectivity index (χ2n) is 5.99. The van der Waals surface area contributed by atoms with Crippen LogP contribution in [0.1, 0.15) is 45.4 Å². The van der Waals surface area contributed by atoms with Crippen molar-refractivity contribution >= 4 is 11.9 Å². The summed E-state index contributed by atoms with van der Waals surface area (Å²) in [6.07, 6.45) is 5.46. The first-order valence-corrected chi connectivity index (χ1v) is 7.74. The number of nitrogens with one attached hydrogen (secondary N) is 1. The van der Waals surface area contributed by atoms with Gasteiger partial charge in [-0.2, -0.15) is 0 Å². The number of amides is 1. The lowest BCUT2D eigenvalue weighted by Gasteiger charge is -2.39. The number of esters is 1. The topological polar surface area (TPSA) is 58.6 Å². The molecule has 2 fully saturated rings. The van der Waals surface area contributed by atoms with Crippen LogP contribution in [0.4, 0.5) is 0 Å². The standard InChI is InChI=1S/C15H26N2O3/c1-3-7-15(8-9-16-11-15)14(19)17-10-5-4-6-12(17)13(18)20-2/h12,16H,3-11H2,1-2H3. The molecule has 1 N–H and O–H groups in total. The number of hydrogen-bond donors (Lipinski definition) is 1. The van der Waals surface area contributed by atoms with Crippen LogP contribution in [0, 0.1) is 5.41 Å². The van der Waals surface area contributed by atoms with Gasteiger partial charge in [-0.05, 0) is 38.6 Å². The third kappa shape index (κ3) is 2.82. The molecule has 1 amide bonds. The number of piperidine rings is 1. The van der Waals surface area contributed by atoms with Crippen LogP contribution < -0.4 is 5.32 Å². The number of ether oxygens (including phenoxy) is 1. The molecule has 0 radical (unpaired) electrons.